The minimum absolute atomic E-state index is 0.0940. The Bertz CT molecular complexity index is 388. The van der Waals surface area contributed by atoms with Crippen LogP contribution in [0.25, 0.3) is 0 Å². The molecule has 0 aliphatic carbocycles. The van der Waals surface area contributed by atoms with Crippen molar-refractivity contribution in [3.05, 3.63) is 17.5 Å². The van der Waals surface area contributed by atoms with E-state index >= 15 is 0 Å². The predicted octanol–water partition coefficient (Wildman–Crippen LogP) is 1.87. The first-order valence-corrected chi connectivity index (χ1v) is 6.45. The third-order valence-corrected chi connectivity index (χ3v) is 3.84. The lowest BCUT2D eigenvalue weighted by molar-refractivity contribution is 0.0879. The Kier molecular flexibility index (Phi) is 3.54. The average Bonchev–Trinajstić information content (AvgIpc) is 2.81. The van der Waals surface area contributed by atoms with Gasteiger partial charge in [-0.05, 0) is 40.2 Å². The molecule has 1 fully saturated rings. The molecule has 4 nitrogen and oxygen atoms in total. The lowest BCUT2D eigenvalue weighted by atomic mass is 9.94. The van der Waals surface area contributed by atoms with Gasteiger partial charge in [-0.25, -0.2) is 0 Å². The van der Waals surface area contributed by atoms with E-state index in [0.29, 0.717) is 0 Å². The molecule has 0 amide bonds. The minimum atomic E-state index is 0.0940. The molecule has 0 spiro atoms. The van der Waals surface area contributed by atoms with E-state index < -0.39 is 0 Å². The standard InChI is InChI=1S/C13H23N3O/c1-5-16-12(8-10(2)15-16)9-14-13(4)6-7-17-11(13)3/h8,11,14H,5-7,9H2,1-4H3. The van der Waals surface area contributed by atoms with E-state index in [1.165, 1.54) is 5.69 Å². The van der Waals surface area contributed by atoms with Crippen molar-refractivity contribution in [1.82, 2.24) is 15.1 Å². The van der Waals surface area contributed by atoms with Gasteiger partial charge in [0.2, 0.25) is 0 Å². The zero-order chi connectivity index (χ0) is 12.5. The second-order valence-corrected chi connectivity index (χ2v) is 5.13. The van der Waals surface area contributed by atoms with Crippen LogP contribution in [0.1, 0.15) is 38.6 Å². The molecule has 96 valence electrons. The van der Waals surface area contributed by atoms with Crippen molar-refractivity contribution in [1.29, 1.82) is 0 Å². The highest BCUT2D eigenvalue weighted by molar-refractivity contribution is 5.09. The Hall–Kier alpha value is -0.870. The average molecular weight is 237 g/mol. The highest BCUT2D eigenvalue weighted by Crippen LogP contribution is 2.25. The van der Waals surface area contributed by atoms with Crippen molar-refractivity contribution in [2.75, 3.05) is 6.61 Å². The van der Waals surface area contributed by atoms with Crippen molar-refractivity contribution < 1.29 is 4.74 Å². The Morgan fingerprint density at radius 2 is 2.41 bits per heavy atom. The maximum absolute atomic E-state index is 5.63. The van der Waals surface area contributed by atoms with Gasteiger partial charge in [-0.1, -0.05) is 0 Å². The lowest BCUT2D eigenvalue weighted by Gasteiger charge is -2.29. The van der Waals surface area contributed by atoms with Crippen LogP contribution in [-0.4, -0.2) is 28.0 Å². The van der Waals surface area contributed by atoms with E-state index in [4.69, 9.17) is 4.74 Å². The van der Waals surface area contributed by atoms with Crippen LogP contribution in [0.15, 0.2) is 6.07 Å². The van der Waals surface area contributed by atoms with Gasteiger partial charge in [-0.2, -0.15) is 5.10 Å². The van der Waals surface area contributed by atoms with Gasteiger partial charge in [0, 0.05) is 25.2 Å². The number of aryl methyl sites for hydroxylation is 2. The summed E-state index contributed by atoms with van der Waals surface area (Å²) in [6.07, 6.45) is 1.36. The molecule has 2 heterocycles. The van der Waals surface area contributed by atoms with Crippen molar-refractivity contribution in [2.45, 2.75) is 58.8 Å². The quantitative estimate of drug-likeness (QED) is 0.869. The molecule has 0 bridgehead atoms. The van der Waals surface area contributed by atoms with Crippen LogP contribution in [-0.2, 0) is 17.8 Å². The topological polar surface area (TPSA) is 39.1 Å². The number of nitrogens with one attached hydrogen (secondary N) is 1. The molecule has 2 atom stereocenters. The summed E-state index contributed by atoms with van der Waals surface area (Å²) in [7, 11) is 0. The Balaban J connectivity index is 2.02. The second kappa shape index (κ2) is 4.78. The maximum Gasteiger partial charge on any atom is 0.0726 e. The number of aromatic nitrogens is 2. The van der Waals surface area contributed by atoms with E-state index in [1.807, 2.05) is 6.92 Å². The molecule has 0 saturated carbocycles. The zero-order valence-electron chi connectivity index (χ0n) is 11.3. The highest BCUT2D eigenvalue weighted by atomic mass is 16.5. The normalized spacial score (nSPS) is 28.8. The van der Waals surface area contributed by atoms with Crippen molar-refractivity contribution in [2.24, 2.45) is 0 Å². The van der Waals surface area contributed by atoms with Gasteiger partial charge in [0.1, 0.15) is 0 Å². The summed E-state index contributed by atoms with van der Waals surface area (Å²) < 4.78 is 7.70. The van der Waals surface area contributed by atoms with E-state index in [1.54, 1.807) is 0 Å². The Morgan fingerprint density at radius 3 is 3.00 bits per heavy atom. The lowest BCUT2D eigenvalue weighted by Crippen LogP contribution is -2.47. The number of rotatable bonds is 4. The van der Waals surface area contributed by atoms with Crippen LogP contribution in [0.2, 0.25) is 0 Å². The smallest absolute Gasteiger partial charge is 0.0726 e. The first-order chi connectivity index (χ1) is 8.05. The van der Waals surface area contributed by atoms with Crippen LogP contribution < -0.4 is 5.32 Å². The predicted molar refractivity (Wildman–Crippen MR) is 67.9 cm³/mol. The van der Waals surface area contributed by atoms with Crippen LogP contribution in [0.4, 0.5) is 0 Å². The molecule has 1 N–H and O–H groups in total. The fraction of sp³-hybridized carbons (Fsp3) is 0.769. The van der Waals surface area contributed by atoms with E-state index in [9.17, 15) is 0 Å². The molecule has 1 aliphatic heterocycles. The van der Waals surface area contributed by atoms with Crippen molar-refractivity contribution >= 4 is 0 Å². The number of hydrogen-bond acceptors (Lipinski definition) is 3. The number of hydrogen-bond donors (Lipinski definition) is 1. The second-order valence-electron chi connectivity index (χ2n) is 5.13. The SMILES string of the molecule is CCn1nc(C)cc1CNC1(C)CCOC1C. The molecule has 0 radical (unpaired) electrons. The van der Waals surface area contributed by atoms with Crippen molar-refractivity contribution in [3.8, 4) is 0 Å². The van der Waals surface area contributed by atoms with E-state index in [-0.39, 0.29) is 11.6 Å². The van der Waals surface area contributed by atoms with Gasteiger partial charge in [0.05, 0.1) is 17.5 Å². The maximum atomic E-state index is 5.63. The van der Waals surface area contributed by atoms with Gasteiger partial charge in [0.15, 0.2) is 0 Å². The molecule has 2 rings (SSSR count). The first kappa shape index (κ1) is 12.6. The molecule has 17 heavy (non-hydrogen) atoms. The van der Waals surface area contributed by atoms with Crippen LogP contribution in [0.5, 0.6) is 0 Å². The van der Waals surface area contributed by atoms with Gasteiger partial charge in [0.25, 0.3) is 0 Å². The Labute approximate surface area is 103 Å². The molecule has 1 aliphatic rings. The number of ether oxygens (including phenoxy) is 1. The summed E-state index contributed by atoms with van der Waals surface area (Å²) >= 11 is 0. The summed E-state index contributed by atoms with van der Waals surface area (Å²) in [6.45, 7) is 11.2. The molecule has 4 heteroatoms. The molecule has 1 aromatic heterocycles. The molecular weight excluding hydrogens is 214 g/mol. The summed E-state index contributed by atoms with van der Waals surface area (Å²) in [4.78, 5) is 0. The molecule has 1 aromatic rings. The third kappa shape index (κ3) is 2.53. The van der Waals surface area contributed by atoms with Gasteiger partial charge in [-0.15, -0.1) is 0 Å². The van der Waals surface area contributed by atoms with Gasteiger partial charge >= 0.3 is 0 Å². The van der Waals surface area contributed by atoms with Crippen LogP contribution in [0.3, 0.4) is 0 Å². The fourth-order valence-corrected chi connectivity index (χ4v) is 2.37. The highest BCUT2D eigenvalue weighted by Gasteiger charge is 2.36. The summed E-state index contributed by atoms with van der Waals surface area (Å²) in [5.74, 6) is 0. The summed E-state index contributed by atoms with van der Waals surface area (Å²) in [5, 5.41) is 8.09. The molecule has 0 aromatic carbocycles. The van der Waals surface area contributed by atoms with Gasteiger partial charge < -0.3 is 10.1 Å². The van der Waals surface area contributed by atoms with E-state index in [2.05, 4.69) is 41.9 Å². The molecule has 1 saturated heterocycles. The third-order valence-electron chi connectivity index (χ3n) is 3.84. The van der Waals surface area contributed by atoms with Crippen LogP contribution in [0, 0.1) is 6.92 Å². The van der Waals surface area contributed by atoms with Crippen LogP contribution >= 0.6 is 0 Å². The van der Waals surface area contributed by atoms with Crippen molar-refractivity contribution in [3.63, 3.8) is 0 Å². The summed E-state index contributed by atoms with van der Waals surface area (Å²) in [5.41, 5.74) is 2.44. The zero-order valence-corrected chi connectivity index (χ0v) is 11.3. The largest absolute Gasteiger partial charge is 0.377 e. The minimum Gasteiger partial charge on any atom is -0.377 e. The Morgan fingerprint density at radius 1 is 1.65 bits per heavy atom. The molecular formula is C13H23N3O. The first-order valence-electron chi connectivity index (χ1n) is 6.45. The summed E-state index contributed by atoms with van der Waals surface area (Å²) in [6, 6.07) is 2.15. The fourth-order valence-electron chi connectivity index (χ4n) is 2.37. The van der Waals surface area contributed by atoms with Gasteiger partial charge in [-0.3, -0.25) is 4.68 Å². The number of nitrogens with zero attached hydrogens (tertiary/aromatic N) is 2. The molecule has 2 unspecified atom stereocenters. The van der Waals surface area contributed by atoms with E-state index in [0.717, 1.165) is 31.8 Å². The monoisotopic (exact) mass is 237 g/mol.